The highest BCUT2D eigenvalue weighted by Gasteiger charge is 2.40. The number of aromatic nitrogens is 2. The third-order valence-electron chi connectivity index (χ3n) is 8.27. The van der Waals surface area contributed by atoms with Crippen molar-refractivity contribution in [1.29, 1.82) is 0 Å². The van der Waals surface area contributed by atoms with Gasteiger partial charge < -0.3 is 35.7 Å². The van der Waals surface area contributed by atoms with Crippen LogP contribution in [-0.2, 0) is 14.3 Å². The van der Waals surface area contributed by atoms with Crippen LogP contribution in [0.2, 0.25) is 0 Å². The van der Waals surface area contributed by atoms with Gasteiger partial charge in [-0.05, 0) is 75.2 Å². The fraction of sp³-hybridized carbons (Fsp3) is 0.353. The zero-order valence-electron chi connectivity index (χ0n) is 25.7. The van der Waals surface area contributed by atoms with Crippen molar-refractivity contribution in [3.63, 3.8) is 0 Å². The van der Waals surface area contributed by atoms with Crippen molar-refractivity contribution in [2.45, 2.75) is 48.1 Å². The van der Waals surface area contributed by atoms with Crippen LogP contribution in [0.3, 0.4) is 0 Å². The molecular formula is C34H38N6O5S. The van der Waals surface area contributed by atoms with Gasteiger partial charge in [-0.25, -0.2) is 0 Å². The van der Waals surface area contributed by atoms with E-state index in [1.165, 1.54) is 0 Å². The lowest BCUT2D eigenvalue weighted by molar-refractivity contribution is -0.138. The van der Waals surface area contributed by atoms with Crippen molar-refractivity contribution in [3.8, 4) is 11.5 Å². The molecule has 240 valence electrons. The lowest BCUT2D eigenvalue weighted by Crippen LogP contribution is -2.49. The molecule has 3 amide bonds. The van der Waals surface area contributed by atoms with E-state index in [0.717, 1.165) is 45.0 Å². The lowest BCUT2D eigenvalue weighted by atomic mass is 10.1. The first-order valence-electron chi connectivity index (χ1n) is 15.6. The first-order valence-corrected chi connectivity index (χ1v) is 16.4. The van der Waals surface area contributed by atoms with Gasteiger partial charge in [0.25, 0.3) is 5.91 Å². The highest BCUT2D eigenvalue weighted by Crippen LogP contribution is 2.46. The molecule has 0 bridgehead atoms. The summed E-state index contributed by atoms with van der Waals surface area (Å²) in [5.74, 6) is 0.335. The van der Waals surface area contributed by atoms with Gasteiger partial charge in [-0.3, -0.25) is 19.4 Å². The van der Waals surface area contributed by atoms with E-state index in [0.29, 0.717) is 44.0 Å². The molecule has 0 radical (unpaired) electrons. The molecule has 0 spiro atoms. The second kappa shape index (κ2) is 14.4. The molecule has 0 saturated carbocycles. The summed E-state index contributed by atoms with van der Waals surface area (Å²) in [6.45, 7) is 3.64. The second-order valence-corrected chi connectivity index (χ2v) is 12.7. The minimum atomic E-state index is -0.690. The summed E-state index contributed by atoms with van der Waals surface area (Å²) >= 11 is 1.58. The number of benzene rings is 2. The number of rotatable bonds is 12. The topological polar surface area (TPSA) is 152 Å². The number of H-pyrrole nitrogens is 1. The number of likely N-dealkylation sites (tertiary alicyclic amines) is 1. The number of hydrogen-bond donors (Lipinski definition) is 4. The number of carbonyl (C=O) groups is 3. The average molecular weight is 643 g/mol. The zero-order chi connectivity index (χ0) is 32.0. The van der Waals surface area contributed by atoms with Crippen molar-refractivity contribution in [2.24, 2.45) is 11.7 Å². The molecule has 2 aromatic carbocycles. The predicted molar refractivity (Wildman–Crippen MR) is 175 cm³/mol. The molecule has 4 aromatic rings. The van der Waals surface area contributed by atoms with Crippen molar-refractivity contribution < 1.29 is 23.9 Å². The minimum Gasteiger partial charge on any atom is -0.455 e. The molecule has 2 aliphatic heterocycles. The molecule has 3 atom stereocenters. The quantitative estimate of drug-likeness (QED) is 0.146. The number of aromatic amines is 1. The van der Waals surface area contributed by atoms with Crippen LogP contribution in [0.5, 0.6) is 11.5 Å². The van der Waals surface area contributed by atoms with Crippen LogP contribution >= 0.6 is 11.8 Å². The van der Waals surface area contributed by atoms with Gasteiger partial charge in [0.05, 0.1) is 29.0 Å². The molecule has 1 fully saturated rings. The Morgan fingerprint density at radius 3 is 2.83 bits per heavy atom. The third-order valence-corrected chi connectivity index (χ3v) is 9.38. The van der Waals surface area contributed by atoms with E-state index in [-0.39, 0.29) is 30.3 Å². The number of amides is 3. The summed E-state index contributed by atoms with van der Waals surface area (Å²) in [4.78, 5) is 51.2. The first kappa shape index (κ1) is 31.6. The highest BCUT2D eigenvalue weighted by molar-refractivity contribution is 7.99. The second-order valence-electron chi connectivity index (χ2n) is 11.6. The molecule has 2 aromatic heterocycles. The largest absolute Gasteiger partial charge is 0.455 e. The van der Waals surface area contributed by atoms with Crippen molar-refractivity contribution in [2.75, 3.05) is 32.8 Å². The van der Waals surface area contributed by atoms with Crippen LogP contribution in [0, 0.1) is 5.92 Å². The van der Waals surface area contributed by atoms with Gasteiger partial charge in [-0.1, -0.05) is 23.9 Å². The maximum Gasteiger partial charge on any atom is 0.251 e. The van der Waals surface area contributed by atoms with Crippen LogP contribution in [-0.4, -0.2) is 71.5 Å². The summed E-state index contributed by atoms with van der Waals surface area (Å²) in [6, 6.07) is 15.8. The Bertz CT molecular complexity index is 1690. The summed E-state index contributed by atoms with van der Waals surface area (Å²) < 4.78 is 11.9. The fourth-order valence-electron chi connectivity index (χ4n) is 5.81. The van der Waals surface area contributed by atoms with E-state index < -0.39 is 11.9 Å². The molecule has 1 unspecified atom stereocenters. The van der Waals surface area contributed by atoms with Crippen molar-refractivity contribution in [3.05, 3.63) is 78.2 Å². The SMILES string of the molecule is C[C@@H](NC(=O)[C@@H]1CC(COCCCCN)CN1C(=O)CNC(=O)c1ccc2c(c1)Oc1ccccc1S2)c1cc2cnccc2[nH]1. The van der Waals surface area contributed by atoms with Crippen LogP contribution in [0.4, 0.5) is 0 Å². The maximum absolute atomic E-state index is 13.6. The van der Waals surface area contributed by atoms with Crippen molar-refractivity contribution in [1.82, 2.24) is 25.5 Å². The number of nitrogens with zero attached hydrogens (tertiary/aromatic N) is 2. The summed E-state index contributed by atoms with van der Waals surface area (Å²) in [5, 5.41) is 6.77. The fourth-order valence-corrected chi connectivity index (χ4v) is 6.74. The number of unbranched alkanes of at least 4 members (excludes halogenated alkanes) is 1. The minimum absolute atomic E-state index is 0.0130. The molecule has 1 saturated heterocycles. The Labute approximate surface area is 271 Å². The van der Waals surface area contributed by atoms with Crippen molar-refractivity contribution >= 4 is 40.4 Å². The number of hydrogen-bond acceptors (Lipinski definition) is 8. The maximum atomic E-state index is 13.6. The number of nitrogens with one attached hydrogen (secondary N) is 3. The molecule has 5 N–H and O–H groups in total. The molecule has 0 aliphatic carbocycles. The average Bonchev–Trinajstić information content (AvgIpc) is 3.71. The monoisotopic (exact) mass is 642 g/mol. The van der Waals surface area contributed by atoms with Gasteiger partial charge in [0, 0.05) is 53.6 Å². The number of fused-ring (bicyclic) bond motifs is 3. The Morgan fingerprint density at radius 1 is 1.13 bits per heavy atom. The molecule has 2 aliphatic rings. The van der Waals surface area contributed by atoms with Gasteiger partial charge in [-0.2, -0.15) is 0 Å². The highest BCUT2D eigenvalue weighted by atomic mass is 32.2. The number of pyridine rings is 1. The first-order chi connectivity index (χ1) is 22.4. The standard InChI is InChI=1S/C34H38N6O5S/c1-21(26-15-24-17-36-12-10-25(24)39-26)38-34(43)27-14-22(20-44-13-5-4-11-35)19-40(27)32(41)18-37-33(42)23-8-9-31-29(16-23)45-28-6-2-3-7-30(28)46-31/h2-3,6-10,12,15-17,21-22,27,39H,4-5,11,13-14,18-20,35H2,1H3,(H,37,42)(H,38,43)/t21-,22?,27+/m1/s1. The summed E-state index contributed by atoms with van der Waals surface area (Å²) in [5.41, 5.74) is 7.74. The van der Waals surface area contributed by atoms with E-state index in [9.17, 15) is 14.4 Å². The van der Waals surface area contributed by atoms with Crippen LogP contribution in [0.15, 0.2) is 76.8 Å². The number of nitrogens with two attached hydrogens (primary N) is 1. The van der Waals surface area contributed by atoms with E-state index >= 15 is 0 Å². The summed E-state index contributed by atoms with van der Waals surface area (Å²) in [6.07, 6.45) is 5.68. The van der Waals surface area contributed by atoms with Gasteiger partial charge in [-0.15, -0.1) is 0 Å². The van der Waals surface area contributed by atoms with Gasteiger partial charge >= 0.3 is 0 Å². The van der Waals surface area contributed by atoms with E-state index in [2.05, 4.69) is 20.6 Å². The van der Waals surface area contributed by atoms with Gasteiger partial charge in [0.2, 0.25) is 11.8 Å². The molecule has 6 rings (SSSR count). The Balaban J connectivity index is 1.09. The smallest absolute Gasteiger partial charge is 0.251 e. The van der Waals surface area contributed by atoms with Crippen LogP contribution in [0.25, 0.3) is 10.9 Å². The lowest BCUT2D eigenvalue weighted by Gasteiger charge is -2.25. The Morgan fingerprint density at radius 2 is 1.98 bits per heavy atom. The van der Waals surface area contributed by atoms with E-state index in [1.54, 1.807) is 41.2 Å². The van der Waals surface area contributed by atoms with E-state index in [4.69, 9.17) is 15.2 Å². The molecule has 12 heteroatoms. The molecule has 4 heterocycles. The van der Waals surface area contributed by atoms with Gasteiger partial charge in [0.15, 0.2) is 0 Å². The normalized spacial score (nSPS) is 17.6. The Hall–Kier alpha value is -4.39. The molecule has 11 nitrogen and oxygen atoms in total. The molecular weight excluding hydrogens is 604 g/mol. The van der Waals surface area contributed by atoms with Crippen LogP contribution < -0.4 is 21.1 Å². The van der Waals surface area contributed by atoms with Gasteiger partial charge in [0.1, 0.15) is 17.5 Å². The number of para-hydroxylation sites is 1. The van der Waals surface area contributed by atoms with E-state index in [1.807, 2.05) is 49.4 Å². The molecule has 46 heavy (non-hydrogen) atoms. The third kappa shape index (κ3) is 7.19. The van der Waals surface area contributed by atoms with Crippen LogP contribution in [0.1, 0.15) is 48.3 Å². The predicted octanol–water partition coefficient (Wildman–Crippen LogP) is 4.40. The Kier molecular flexibility index (Phi) is 9.86. The summed E-state index contributed by atoms with van der Waals surface area (Å²) in [7, 11) is 0. The number of ether oxygens (including phenoxy) is 2. The zero-order valence-corrected chi connectivity index (χ0v) is 26.5. The number of carbonyl (C=O) groups excluding carboxylic acids is 3.